The van der Waals surface area contributed by atoms with Crippen LogP contribution in [-0.4, -0.2) is 35.7 Å². The molecule has 0 saturated carbocycles. The van der Waals surface area contributed by atoms with Gasteiger partial charge < -0.3 is 9.88 Å². The number of anilines is 1. The number of hydrogen-bond donors (Lipinski definition) is 1. The Morgan fingerprint density at radius 1 is 1.21 bits per heavy atom. The molecular weight excluding hydrogens is 623 g/mol. The van der Waals surface area contributed by atoms with Crippen molar-refractivity contribution in [2.24, 2.45) is 0 Å². The van der Waals surface area contributed by atoms with Crippen molar-refractivity contribution in [2.75, 3.05) is 11.4 Å². The minimum absolute atomic E-state index is 0.177. The lowest BCUT2D eigenvalue weighted by atomic mass is 10.1. The predicted octanol–water partition coefficient (Wildman–Crippen LogP) is 6.30. The van der Waals surface area contributed by atoms with E-state index in [2.05, 4.69) is 65.6 Å². The summed E-state index contributed by atoms with van der Waals surface area (Å²) in [4.78, 5) is 27.6. The molecule has 1 aliphatic rings. The first-order valence-electron chi connectivity index (χ1n) is 12.9. The number of nitrogens with one attached hydrogen (secondary N) is 1. The third-order valence-corrected chi connectivity index (χ3v) is 6.64. The van der Waals surface area contributed by atoms with Crippen LogP contribution in [0.5, 0.6) is 0 Å². The van der Waals surface area contributed by atoms with Crippen molar-refractivity contribution in [3.8, 4) is 17.2 Å². The number of fused-ring (bicyclic) bond motifs is 2. The molecule has 0 bridgehead atoms. The highest BCUT2D eigenvalue weighted by molar-refractivity contribution is 14.2. The van der Waals surface area contributed by atoms with Crippen LogP contribution in [-0.2, 0) is 6.54 Å². The fourth-order valence-electron chi connectivity index (χ4n) is 4.20. The maximum absolute atomic E-state index is 13.8. The Kier molecular flexibility index (Phi) is 11.2. The third kappa shape index (κ3) is 6.21. The predicted molar refractivity (Wildman–Crippen MR) is 169 cm³/mol. The maximum atomic E-state index is 13.8. The monoisotopic (exact) mass is 654 g/mol. The highest BCUT2D eigenvalue weighted by Gasteiger charge is 2.22. The highest BCUT2D eigenvalue weighted by Crippen LogP contribution is 2.27. The van der Waals surface area contributed by atoms with Gasteiger partial charge in [0.05, 0.1) is 23.1 Å². The van der Waals surface area contributed by atoms with Crippen molar-refractivity contribution in [3.05, 3.63) is 70.3 Å². The van der Waals surface area contributed by atoms with Gasteiger partial charge in [-0.3, -0.25) is 9.36 Å². The van der Waals surface area contributed by atoms with E-state index in [4.69, 9.17) is 5.10 Å². The summed E-state index contributed by atoms with van der Waals surface area (Å²) in [6.07, 6.45) is 12.7. The lowest BCUT2D eigenvalue weighted by Gasteiger charge is -2.24. The van der Waals surface area contributed by atoms with Crippen molar-refractivity contribution < 1.29 is 0 Å². The Bertz CT molecular complexity index is 1660. The van der Waals surface area contributed by atoms with E-state index in [1.54, 1.807) is 21.5 Å². The van der Waals surface area contributed by atoms with Gasteiger partial charge in [0.15, 0.2) is 5.82 Å². The van der Waals surface area contributed by atoms with Crippen LogP contribution in [0.2, 0.25) is 0 Å². The molecular formula is C28H31IN8OS. The number of allylic oxidation sites excluding steroid dienone is 4. The number of rotatable bonds is 5. The Balaban J connectivity index is 0.00000100. The van der Waals surface area contributed by atoms with E-state index >= 15 is 0 Å². The van der Waals surface area contributed by atoms with E-state index < -0.39 is 0 Å². The van der Waals surface area contributed by atoms with Crippen LogP contribution in [0.3, 0.4) is 0 Å². The first-order chi connectivity index (χ1) is 19.2. The number of halogens is 1. The number of nitriles is 1. The van der Waals surface area contributed by atoms with Crippen LogP contribution in [0.15, 0.2) is 47.8 Å². The molecule has 1 N–H and O–H groups in total. The van der Waals surface area contributed by atoms with E-state index in [1.165, 1.54) is 15.3 Å². The molecule has 0 aliphatic heterocycles. The van der Waals surface area contributed by atoms with Crippen LogP contribution in [0.1, 0.15) is 64.4 Å². The van der Waals surface area contributed by atoms with Crippen molar-refractivity contribution in [2.45, 2.75) is 54.0 Å². The molecule has 11 heteroatoms. The molecule has 0 amide bonds. The SMILES string of the molecule is CC.CC.CCN(Cc1nn2ccc(C#CSI)c2c(=O)n1C1=CCCC=C1)c1ncnc2[nH]cc(C#N)c12. The van der Waals surface area contributed by atoms with Gasteiger partial charge in [0.1, 0.15) is 29.4 Å². The number of aromatic amines is 1. The lowest BCUT2D eigenvalue weighted by Crippen LogP contribution is -2.33. The zero-order valence-corrected chi connectivity index (χ0v) is 25.7. The lowest BCUT2D eigenvalue weighted by molar-refractivity contribution is 0.690. The smallest absolute Gasteiger partial charge is 0.283 e. The van der Waals surface area contributed by atoms with Gasteiger partial charge in [-0.2, -0.15) is 10.4 Å². The molecule has 1 aliphatic carbocycles. The molecule has 9 nitrogen and oxygen atoms in total. The van der Waals surface area contributed by atoms with Gasteiger partial charge in [-0.25, -0.2) is 14.5 Å². The molecule has 5 rings (SSSR count). The zero-order chi connectivity index (χ0) is 28.4. The van der Waals surface area contributed by atoms with Gasteiger partial charge in [0, 0.05) is 45.8 Å². The molecule has 4 aromatic heterocycles. The second-order valence-corrected chi connectivity index (χ2v) is 9.42. The maximum Gasteiger partial charge on any atom is 0.283 e. The quantitative estimate of drug-likeness (QED) is 0.199. The topological polar surface area (TPSA) is 108 Å². The van der Waals surface area contributed by atoms with E-state index in [0.29, 0.717) is 52.4 Å². The molecule has 4 aromatic rings. The second-order valence-electron chi connectivity index (χ2n) is 7.74. The van der Waals surface area contributed by atoms with Crippen molar-refractivity contribution in [1.29, 1.82) is 5.26 Å². The van der Waals surface area contributed by atoms with Crippen LogP contribution in [0.25, 0.3) is 22.2 Å². The average Bonchev–Trinajstić information content (AvgIpc) is 3.61. The van der Waals surface area contributed by atoms with Crippen LogP contribution >= 0.6 is 30.1 Å². The molecule has 0 aromatic carbocycles. The van der Waals surface area contributed by atoms with Gasteiger partial charge in [-0.05, 0) is 46.1 Å². The summed E-state index contributed by atoms with van der Waals surface area (Å²) in [5.41, 5.74) is 2.75. The summed E-state index contributed by atoms with van der Waals surface area (Å²) < 4.78 is 3.26. The summed E-state index contributed by atoms with van der Waals surface area (Å²) in [5.74, 6) is 4.22. The minimum atomic E-state index is -0.177. The molecule has 4 heterocycles. The fraction of sp³-hybridized carbons (Fsp3) is 0.321. The van der Waals surface area contributed by atoms with Gasteiger partial charge in [-0.1, -0.05) is 45.8 Å². The molecule has 0 radical (unpaired) electrons. The van der Waals surface area contributed by atoms with Crippen molar-refractivity contribution in [3.63, 3.8) is 0 Å². The number of aromatic nitrogens is 6. The average molecular weight is 655 g/mol. The zero-order valence-electron chi connectivity index (χ0n) is 22.7. The molecule has 0 unspecified atom stereocenters. The summed E-state index contributed by atoms with van der Waals surface area (Å²) in [6.45, 7) is 10.9. The minimum Gasteiger partial charge on any atom is -0.349 e. The molecule has 0 fully saturated rings. The van der Waals surface area contributed by atoms with E-state index in [1.807, 2.05) is 51.7 Å². The first kappa shape index (κ1) is 30.0. The van der Waals surface area contributed by atoms with Crippen LogP contribution in [0.4, 0.5) is 5.82 Å². The van der Waals surface area contributed by atoms with Crippen LogP contribution < -0.4 is 10.5 Å². The van der Waals surface area contributed by atoms with E-state index in [9.17, 15) is 10.1 Å². The summed E-state index contributed by atoms with van der Waals surface area (Å²) in [6, 6.07) is 4.02. The van der Waals surface area contributed by atoms with Gasteiger partial charge >= 0.3 is 0 Å². The third-order valence-electron chi connectivity index (χ3n) is 5.80. The first-order valence-corrected chi connectivity index (χ1v) is 16.3. The van der Waals surface area contributed by atoms with Gasteiger partial charge in [-0.15, -0.1) is 0 Å². The summed E-state index contributed by atoms with van der Waals surface area (Å²) in [5, 5.41) is 18.0. The Labute approximate surface area is 244 Å². The standard InChI is InChI=1S/C24H19IN8OS.2C2H6/c1-2-31(23-20-17(12-26)13-27-22(20)28-15-29-23)14-19-30-32-10-8-16(9-11-35-25)21(32)24(34)33(19)18-6-4-3-5-7-18;2*1-2/h4,6-8,10,13,15H,2-3,5,14H2,1H3,(H,27,28,29);2*1-2H3. The largest absolute Gasteiger partial charge is 0.349 e. The normalized spacial score (nSPS) is 11.9. The molecule has 0 atom stereocenters. The second kappa shape index (κ2) is 14.6. The fourth-order valence-corrected chi connectivity index (χ4v) is 4.68. The van der Waals surface area contributed by atoms with Crippen LogP contribution in [0, 0.1) is 22.5 Å². The number of H-pyrrole nitrogens is 1. The Morgan fingerprint density at radius 2 is 2.00 bits per heavy atom. The molecule has 0 saturated heterocycles. The summed E-state index contributed by atoms with van der Waals surface area (Å²) in [7, 11) is 1.37. The molecule has 202 valence electrons. The number of hydrogen-bond acceptors (Lipinski definition) is 7. The Hall–Kier alpha value is -3.55. The van der Waals surface area contributed by atoms with Gasteiger partial charge in [0.2, 0.25) is 0 Å². The van der Waals surface area contributed by atoms with E-state index in [0.717, 1.165) is 18.5 Å². The van der Waals surface area contributed by atoms with E-state index in [-0.39, 0.29) is 5.56 Å². The number of nitrogens with zero attached hydrogens (tertiary/aromatic N) is 7. The van der Waals surface area contributed by atoms with Crippen molar-refractivity contribution >= 4 is 58.2 Å². The molecule has 39 heavy (non-hydrogen) atoms. The Morgan fingerprint density at radius 3 is 2.67 bits per heavy atom. The summed E-state index contributed by atoms with van der Waals surface area (Å²) >= 11 is 2.11. The van der Waals surface area contributed by atoms with Gasteiger partial charge in [0.25, 0.3) is 5.56 Å². The highest BCUT2D eigenvalue weighted by atomic mass is 127. The van der Waals surface area contributed by atoms with Crippen molar-refractivity contribution in [1.82, 2.24) is 29.1 Å². The molecule has 0 spiro atoms.